The Kier molecular flexibility index (Phi) is 6.18. The number of nitrogens with two attached hydrogens (primary N) is 1. The smallest absolute Gasteiger partial charge is 0.250 e. The number of nitrogens with one attached hydrogen (secondary N) is 1. The van der Waals surface area contributed by atoms with Gasteiger partial charge in [0.1, 0.15) is 12.4 Å². The zero-order valence-corrected chi connectivity index (χ0v) is 10.9. The number of carbonyl (C=O) groups is 1. The molecule has 0 atom stereocenters. The first kappa shape index (κ1) is 14.5. The predicted molar refractivity (Wildman–Crippen MR) is 70.9 cm³/mol. The van der Waals surface area contributed by atoms with Crippen LogP contribution in [0.2, 0.25) is 0 Å². The van der Waals surface area contributed by atoms with E-state index in [1.807, 2.05) is 25.1 Å². The average Bonchev–Trinajstić information content (AvgIpc) is 2.33. The summed E-state index contributed by atoms with van der Waals surface area (Å²) in [7, 11) is 1.48. The molecule has 0 aliphatic heterocycles. The zero-order valence-electron chi connectivity index (χ0n) is 10.9. The molecular weight excluding hydrogens is 232 g/mol. The van der Waals surface area contributed by atoms with E-state index >= 15 is 0 Å². The van der Waals surface area contributed by atoms with Gasteiger partial charge in [-0.05, 0) is 37.6 Å². The highest BCUT2D eigenvalue weighted by Crippen LogP contribution is 2.26. The summed E-state index contributed by atoms with van der Waals surface area (Å²) in [5.74, 6) is 0.456. The summed E-state index contributed by atoms with van der Waals surface area (Å²) in [5.41, 5.74) is 7.26. The van der Waals surface area contributed by atoms with Crippen molar-refractivity contribution in [3.8, 4) is 5.75 Å². The van der Waals surface area contributed by atoms with Crippen molar-refractivity contribution in [1.29, 1.82) is 0 Å². The number of hydrogen-bond donors (Lipinski definition) is 2. The molecule has 0 spiro atoms. The van der Waals surface area contributed by atoms with Crippen LogP contribution in [0.3, 0.4) is 0 Å². The number of benzene rings is 1. The molecule has 0 saturated heterocycles. The largest absolute Gasteiger partial charge is 0.492 e. The SMILES string of the molecule is CCOc1cc(CCN)ccc1NC(=O)COC. The van der Waals surface area contributed by atoms with Gasteiger partial charge in [0.25, 0.3) is 0 Å². The summed E-state index contributed by atoms with van der Waals surface area (Å²) in [4.78, 5) is 11.5. The minimum Gasteiger partial charge on any atom is -0.492 e. The molecule has 18 heavy (non-hydrogen) atoms. The van der Waals surface area contributed by atoms with Gasteiger partial charge in [0.2, 0.25) is 5.91 Å². The van der Waals surface area contributed by atoms with Gasteiger partial charge in [0.05, 0.1) is 12.3 Å². The zero-order chi connectivity index (χ0) is 13.4. The van der Waals surface area contributed by atoms with Crippen LogP contribution >= 0.6 is 0 Å². The number of anilines is 1. The molecule has 1 rings (SSSR count). The lowest BCUT2D eigenvalue weighted by Crippen LogP contribution is -2.18. The number of carbonyl (C=O) groups excluding carboxylic acids is 1. The second-order valence-electron chi connectivity index (χ2n) is 3.78. The minimum atomic E-state index is -0.204. The summed E-state index contributed by atoms with van der Waals surface area (Å²) in [6.45, 7) is 3.05. The fraction of sp³-hybridized carbons (Fsp3) is 0.462. The molecule has 3 N–H and O–H groups in total. The Bertz CT molecular complexity index is 394. The molecule has 0 bridgehead atoms. The number of hydrogen-bond acceptors (Lipinski definition) is 4. The highest BCUT2D eigenvalue weighted by Gasteiger charge is 2.08. The predicted octanol–water partition coefficient (Wildman–Crippen LogP) is 1.17. The standard InChI is InChI=1S/C13H20N2O3/c1-3-18-12-8-10(6-7-14)4-5-11(12)15-13(16)9-17-2/h4-5,8H,3,6-7,9,14H2,1-2H3,(H,15,16). The average molecular weight is 252 g/mol. The summed E-state index contributed by atoms with van der Waals surface area (Å²) in [6.07, 6.45) is 0.784. The third kappa shape index (κ3) is 4.35. The van der Waals surface area contributed by atoms with Crippen molar-refractivity contribution in [3.63, 3.8) is 0 Å². The fourth-order valence-corrected chi connectivity index (χ4v) is 1.58. The highest BCUT2D eigenvalue weighted by atomic mass is 16.5. The maximum Gasteiger partial charge on any atom is 0.250 e. The quantitative estimate of drug-likeness (QED) is 0.764. The second kappa shape index (κ2) is 7.68. The first-order chi connectivity index (χ1) is 8.71. The molecule has 0 aliphatic carbocycles. The summed E-state index contributed by atoms with van der Waals surface area (Å²) < 4.78 is 10.3. The van der Waals surface area contributed by atoms with E-state index in [0.717, 1.165) is 12.0 Å². The molecule has 5 nitrogen and oxygen atoms in total. The van der Waals surface area contributed by atoms with E-state index in [1.54, 1.807) is 0 Å². The Morgan fingerprint density at radius 3 is 2.83 bits per heavy atom. The van der Waals surface area contributed by atoms with Crippen LogP contribution in [0.4, 0.5) is 5.69 Å². The Hall–Kier alpha value is -1.59. The molecule has 1 amide bonds. The fourth-order valence-electron chi connectivity index (χ4n) is 1.58. The molecule has 0 saturated carbocycles. The normalized spacial score (nSPS) is 10.2. The molecule has 0 heterocycles. The Labute approximate surface area is 107 Å². The summed E-state index contributed by atoms with van der Waals surface area (Å²) >= 11 is 0. The van der Waals surface area contributed by atoms with Crippen LogP contribution < -0.4 is 15.8 Å². The van der Waals surface area contributed by atoms with Crippen LogP contribution in [0.25, 0.3) is 0 Å². The second-order valence-corrected chi connectivity index (χ2v) is 3.78. The highest BCUT2D eigenvalue weighted by molar-refractivity contribution is 5.93. The molecule has 0 fully saturated rings. The topological polar surface area (TPSA) is 73.6 Å². The van der Waals surface area contributed by atoms with E-state index in [9.17, 15) is 4.79 Å². The number of rotatable bonds is 7. The lowest BCUT2D eigenvalue weighted by atomic mass is 10.1. The molecule has 1 aromatic carbocycles. The maximum atomic E-state index is 11.5. The van der Waals surface area contributed by atoms with Crippen molar-refractivity contribution in [3.05, 3.63) is 23.8 Å². The van der Waals surface area contributed by atoms with Crippen molar-refractivity contribution in [2.45, 2.75) is 13.3 Å². The number of methoxy groups -OCH3 is 1. The van der Waals surface area contributed by atoms with Crippen LogP contribution in [0.5, 0.6) is 5.75 Å². The first-order valence-corrected chi connectivity index (χ1v) is 5.95. The van der Waals surface area contributed by atoms with Gasteiger partial charge in [-0.2, -0.15) is 0 Å². The van der Waals surface area contributed by atoms with Crippen LogP contribution in [0.15, 0.2) is 18.2 Å². The van der Waals surface area contributed by atoms with Gasteiger partial charge in [-0.1, -0.05) is 6.07 Å². The lowest BCUT2D eigenvalue weighted by molar-refractivity contribution is -0.119. The first-order valence-electron chi connectivity index (χ1n) is 5.95. The molecule has 0 aliphatic rings. The van der Waals surface area contributed by atoms with Gasteiger partial charge in [-0.15, -0.1) is 0 Å². The third-order valence-corrected chi connectivity index (χ3v) is 2.33. The monoisotopic (exact) mass is 252 g/mol. The van der Waals surface area contributed by atoms with Crippen molar-refractivity contribution < 1.29 is 14.3 Å². The molecule has 100 valence electrons. The van der Waals surface area contributed by atoms with Crippen molar-refractivity contribution in [1.82, 2.24) is 0 Å². The van der Waals surface area contributed by atoms with Gasteiger partial charge in [0, 0.05) is 7.11 Å². The van der Waals surface area contributed by atoms with E-state index < -0.39 is 0 Å². The van der Waals surface area contributed by atoms with Crippen molar-refractivity contribution >= 4 is 11.6 Å². The molecule has 1 aromatic rings. The molecular formula is C13H20N2O3. The van der Waals surface area contributed by atoms with Gasteiger partial charge in [-0.25, -0.2) is 0 Å². The third-order valence-electron chi connectivity index (χ3n) is 2.33. The van der Waals surface area contributed by atoms with Gasteiger partial charge in [0.15, 0.2) is 0 Å². The van der Waals surface area contributed by atoms with Crippen LogP contribution in [0.1, 0.15) is 12.5 Å². The van der Waals surface area contributed by atoms with E-state index in [1.165, 1.54) is 7.11 Å². The van der Waals surface area contributed by atoms with Gasteiger partial charge in [-0.3, -0.25) is 4.79 Å². The molecule has 0 radical (unpaired) electrons. The molecule has 0 aromatic heterocycles. The minimum absolute atomic E-state index is 0.0239. The van der Waals surface area contributed by atoms with Crippen molar-refractivity contribution in [2.75, 3.05) is 32.2 Å². The summed E-state index contributed by atoms with van der Waals surface area (Å²) in [6, 6.07) is 5.65. The van der Waals surface area contributed by atoms with Gasteiger partial charge >= 0.3 is 0 Å². The van der Waals surface area contributed by atoms with Crippen molar-refractivity contribution in [2.24, 2.45) is 5.73 Å². The Balaban J connectivity index is 2.85. The molecule has 0 unspecified atom stereocenters. The molecule has 5 heteroatoms. The van der Waals surface area contributed by atoms with Crippen LogP contribution in [0, 0.1) is 0 Å². The number of ether oxygens (including phenoxy) is 2. The Morgan fingerprint density at radius 1 is 1.44 bits per heavy atom. The lowest BCUT2D eigenvalue weighted by Gasteiger charge is -2.13. The number of amides is 1. The van der Waals surface area contributed by atoms with Crippen LogP contribution in [-0.4, -0.2) is 32.8 Å². The van der Waals surface area contributed by atoms with Crippen LogP contribution in [-0.2, 0) is 16.0 Å². The van der Waals surface area contributed by atoms with E-state index in [0.29, 0.717) is 24.6 Å². The van der Waals surface area contributed by atoms with E-state index in [-0.39, 0.29) is 12.5 Å². The maximum absolute atomic E-state index is 11.5. The van der Waals surface area contributed by atoms with E-state index in [4.69, 9.17) is 15.2 Å². The Morgan fingerprint density at radius 2 is 2.22 bits per heavy atom. The van der Waals surface area contributed by atoms with Gasteiger partial charge < -0.3 is 20.5 Å². The van der Waals surface area contributed by atoms with E-state index in [2.05, 4.69) is 5.32 Å². The summed E-state index contributed by atoms with van der Waals surface area (Å²) in [5, 5.41) is 2.75.